The molecule has 6 nitrogen and oxygen atoms in total. The molecule has 1 aliphatic carbocycles. The minimum atomic E-state index is -1.00. The minimum absolute atomic E-state index is 0.0933. The first-order valence-electron chi connectivity index (χ1n) is 10.3. The van der Waals surface area contributed by atoms with Gasteiger partial charge in [0.25, 0.3) is 0 Å². The topological polar surface area (TPSA) is 86.9 Å². The Bertz CT molecular complexity index is 1280. The molecule has 2 heterocycles. The third kappa shape index (κ3) is 5.03. The van der Waals surface area contributed by atoms with E-state index >= 15 is 0 Å². The van der Waals surface area contributed by atoms with Gasteiger partial charge in [0.05, 0.1) is 22.9 Å². The highest BCUT2D eigenvalue weighted by Crippen LogP contribution is 2.34. The van der Waals surface area contributed by atoms with Crippen LogP contribution in [0.4, 0.5) is 23.7 Å². The van der Waals surface area contributed by atoms with Crippen LogP contribution in [0.3, 0.4) is 0 Å². The lowest BCUT2D eigenvalue weighted by Gasteiger charge is -2.20. The molecule has 0 fully saturated rings. The van der Waals surface area contributed by atoms with E-state index in [-0.39, 0.29) is 33.4 Å². The largest absolute Gasteiger partial charge is 0.331 e. The third-order valence-corrected chi connectivity index (χ3v) is 5.96. The Morgan fingerprint density at radius 1 is 1.15 bits per heavy atom. The molecule has 4 rings (SSSR count). The van der Waals surface area contributed by atoms with Gasteiger partial charge < -0.3 is 15.6 Å². The van der Waals surface area contributed by atoms with Crippen molar-refractivity contribution in [2.45, 2.75) is 32.2 Å². The van der Waals surface area contributed by atoms with E-state index in [2.05, 4.69) is 27.5 Å². The van der Waals surface area contributed by atoms with Crippen molar-refractivity contribution in [2.24, 2.45) is 5.92 Å². The summed E-state index contributed by atoms with van der Waals surface area (Å²) in [7, 11) is 0. The maximum atomic E-state index is 14.7. The Morgan fingerprint density at radius 2 is 1.94 bits per heavy atom. The summed E-state index contributed by atoms with van der Waals surface area (Å²) in [5.41, 5.74) is 0.825. The molecular weight excluding hydrogens is 457 g/mol. The average Bonchev–Trinajstić information content (AvgIpc) is 2.90. The zero-order chi connectivity index (χ0) is 23.7. The van der Waals surface area contributed by atoms with Gasteiger partial charge in [-0.25, -0.2) is 18.6 Å². The van der Waals surface area contributed by atoms with E-state index in [0.29, 0.717) is 18.5 Å². The van der Waals surface area contributed by atoms with Crippen molar-refractivity contribution in [3.05, 3.63) is 80.7 Å². The predicted molar refractivity (Wildman–Crippen MR) is 119 cm³/mol. The van der Waals surface area contributed by atoms with Gasteiger partial charge in [0.1, 0.15) is 11.6 Å². The number of carbonyl (C=O) groups is 1. The van der Waals surface area contributed by atoms with Crippen molar-refractivity contribution in [1.29, 1.82) is 0 Å². The highest BCUT2D eigenvalue weighted by molar-refractivity contribution is 6.33. The Kier molecular flexibility index (Phi) is 6.42. The number of aromatic amines is 1. The normalized spacial score (nSPS) is 17.7. The van der Waals surface area contributed by atoms with Gasteiger partial charge in [0.15, 0.2) is 0 Å². The zero-order valence-electron chi connectivity index (χ0n) is 17.5. The number of pyridine rings is 2. The van der Waals surface area contributed by atoms with Gasteiger partial charge in [-0.3, -0.25) is 4.79 Å². The molecule has 0 spiro atoms. The monoisotopic (exact) mass is 476 g/mol. The molecule has 1 aromatic carbocycles. The molecule has 0 radical (unpaired) electrons. The number of anilines is 1. The summed E-state index contributed by atoms with van der Waals surface area (Å²) < 4.78 is 42.2. The fourth-order valence-corrected chi connectivity index (χ4v) is 4.30. The van der Waals surface area contributed by atoms with Gasteiger partial charge in [-0.15, -0.1) is 0 Å². The van der Waals surface area contributed by atoms with Crippen LogP contribution in [0.15, 0.2) is 41.5 Å². The maximum Gasteiger partial charge on any atom is 0.319 e. The lowest BCUT2D eigenvalue weighted by molar-refractivity contribution is 0.247. The van der Waals surface area contributed by atoms with Crippen molar-refractivity contribution >= 4 is 23.3 Å². The Morgan fingerprint density at radius 3 is 2.73 bits per heavy atom. The number of benzene rings is 1. The summed E-state index contributed by atoms with van der Waals surface area (Å²) >= 11 is 6.17. The zero-order valence-corrected chi connectivity index (χ0v) is 18.3. The smallest absolute Gasteiger partial charge is 0.319 e. The molecule has 0 bridgehead atoms. The summed E-state index contributed by atoms with van der Waals surface area (Å²) in [5, 5.41) is 5.13. The summed E-state index contributed by atoms with van der Waals surface area (Å²) in [6.45, 7) is 2.07. The highest BCUT2D eigenvalue weighted by atomic mass is 35.5. The number of hydrogen-bond acceptors (Lipinski definition) is 3. The number of hydrogen-bond donors (Lipinski definition) is 3. The Hall–Kier alpha value is -3.33. The second kappa shape index (κ2) is 9.27. The van der Waals surface area contributed by atoms with E-state index in [0.717, 1.165) is 42.2 Å². The van der Waals surface area contributed by atoms with Crippen LogP contribution in [-0.2, 0) is 6.42 Å². The lowest BCUT2D eigenvalue weighted by atomic mass is 10.00. The summed E-state index contributed by atoms with van der Waals surface area (Å²) in [5.74, 6) is -2.35. The van der Waals surface area contributed by atoms with Gasteiger partial charge in [0.2, 0.25) is 11.5 Å². The van der Waals surface area contributed by atoms with Crippen molar-refractivity contribution in [2.75, 3.05) is 5.32 Å². The van der Waals surface area contributed by atoms with Crippen LogP contribution in [-0.4, -0.2) is 16.0 Å². The molecule has 10 heteroatoms. The molecule has 33 heavy (non-hydrogen) atoms. The van der Waals surface area contributed by atoms with E-state index in [4.69, 9.17) is 11.6 Å². The first-order chi connectivity index (χ1) is 15.7. The van der Waals surface area contributed by atoms with Gasteiger partial charge in [-0.2, -0.15) is 4.39 Å². The van der Waals surface area contributed by atoms with Crippen LogP contribution in [0.2, 0.25) is 5.02 Å². The molecule has 2 aromatic heterocycles. The van der Waals surface area contributed by atoms with Crippen LogP contribution in [0.5, 0.6) is 0 Å². The number of aromatic nitrogens is 2. The number of nitrogens with one attached hydrogen (secondary N) is 3. The van der Waals surface area contributed by atoms with E-state index in [1.807, 2.05) is 0 Å². The number of rotatable bonds is 3. The molecule has 2 amide bonds. The lowest BCUT2D eigenvalue weighted by Crippen LogP contribution is -2.33. The molecule has 0 aliphatic heterocycles. The third-order valence-electron chi connectivity index (χ3n) is 5.64. The van der Waals surface area contributed by atoms with E-state index in [9.17, 15) is 22.8 Å². The number of halogens is 4. The Balaban J connectivity index is 1.55. The molecule has 3 N–H and O–H groups in total. The SMILES string of the molecule is C[C@H]1CC[C@@H](NC(=O)Nc2cc(Cl)c(-c3cc(F)cnc3F)cc2F)c2c[nH]c(=O)cc2C1. The molecular formula is C23H20ClF3N4O2. The molecule has 1 aliphatic rings. The van der Waals surface area contributed by atoms with E-state index < -0.39 is 23.6 Å². The van der Waals surface area contributed by atoms with Gasteiger partial charge in [0, 0.05) is 23.4 Å². The second-order valence-electron chi connectivity index (χ2n) is 8.12. The molecule has 3 aromatic rings. The van der Waals surface area contributed by atoms with Crippen molar-refractivity contribution in [3.8, 4) is 11.1 Å². The number of urea groups is 1. The van der Waals surface area contributed by atoms with Crippen LogP contribution < -0.4 is 16.2 Å². The summed E-state index contributed by atoms with van der Waals surface area (Å²) in [6.07, 6.45) is 4.48. The number of fused-ring (bicyclic) bond motifs is 1. The first kappa shape index (κ1) is 22.8. The van der Waals surface area contributed by atoms with Crippen LogP contribution in [0, 0.1) is 23.5 Å². The highest BCUT2D eigenvalue weighted by Gasteiger charge is 2.24. The summed E-state index contributed by atoms with van der Waals surface area (Å²) in [4.78, 5) is 30.3. The number of nitrogens with zero attached hydrogens (tertiary/aromatic N) is 1. The maximum absolute atomic E-state index is 14.7. The molecule has 0 saturated heterocycles. The van der Waals surface area contributed by atoms with Crippen molar-refractivity contribution in [3.63, 3.8) is 0 Å². The second-order valence-corrected chi connectivity index (χ2v) is 8.53. The van der Waals surface area contributed by atoms with Gasteiger partial charge in [-0.1, -0.05) is 18.5 Å². The fraction of sp³-hybridized carbons (Fsp3) is 0.261. The molecule has 0 saturated carbocycles. The molecule has 2 atom stereocenters. The number of amides is 2. The quantitative estimate of drug-likeness (QED) is 0.352. The predicted octanol–water partition coefficient (Wildman–Crippen LogP) is 5.34. The molecule has 172 valence electrons. The van der Waals surface area contributed by atoms with Gasteiger partial charge in [-0.05, 0) is 54.5 Å². The number of carbonyl (C=O) groups excluding carboxylic acids is 1. The van der Waals surface area contributed by atoms with Crippen molar-refractivity contribution < 1.29 is 18.0 Å². The molecule has 0 unspecified atom stereocenters. The van der Waals surface area contributed by atoms with Gasteiger partial charge >= 0.3 is 6.03 Å². The number of H-pyrrole nitrogens is 1. The van der Waals surface area contributed by atoms with Crippen LogP contribution >= 0.6 is 11.6 Å². The fourth-order valence-electron chi connectivity index (χ4n) is 4.04. The van der Waals surface area contributed by atoms with E-state index in [1.54, 1.807) is 6.20 Å². The van der Waals surface area contributed by atoms with Crippen molar-refractivity contribution in [1.82, 2.24) is 15.3 Å². The van der Waals surface area contributed by atoms with E-state index in [1.165, 1.54) is 6.07 Å². The average molecular weight is 477 g/mol. The minimum Gasteiger partial charge on any atom is -0.331 e. The van der Waals surface area contributed by atoms with Crippen LogP contribution in [0.1, 0.15) is 36.9 Å². The van der Waals surface area contributed by atoms with Crippen LogP contribution in [0.25, 0.3) is 11.1 Å². The summed E-state index contributed by atoms with van der Waals surface area (Å²) in [6, 6.07) is 3.36. The standard InChI is InChI=1S/C23H20ClF3N4O2/c1-11-2-3-19(16-10-28-21(32)5-12(16)4-11)30-23(33)31-20-8-17(24)14(7-18(20)26)15-6-13(25)9-29-22(15)27/h5-11,19H,2-4H2,1H3,(H,28,32)(H2,30,31,33)/t11-,19+/m0/s1. The Labute approximate surface area is 192 Å². The first-order valence-corrected chi connectivity index (χ1v) is 10.7.